The van der Waals surface area contributed by atoms with Gasteiger partial charge in [0.2, 0.25) is 11.8 Å². The topological polar surface area (TPSA) is 111 Å². The van der Waals surface area contributed by atoms with Crippen LogP contribution in [-0.2, 0) is 16.2 Å². The fourth-order valence-corrected chi connectivity index (χ4v) is 4.85. The Balaban J connectivity index is 1.77. The molecule has 1 aliphatic carbocycles. The summed E-state index contributed by atoms with van der Waals surface area (Å²) in [5.41, 5.74) is 2.71. The van der Waals surface area contributed by atoms with Crippen molar-refractivity contribution in [2.24, 2.45) is 17.8 Å². The second-order valence-electron chi connectivity index (χ2n) is 8.28. The SMILES string of the molecule is CCC1=C([C@H](O)CC/C(C)=C/c2ccc(CO)o2)[C@H](CO)[C@@H]2C(=O)N(C)C(=O)[C@@H]2C1. The summed E-state index contributed by atoms with van der Waals surface area (Å²) >= 11 is 0. The average molecular weight is 418 g/mol. The molecular weight excluding hydrogens is 386 g/mol. The van der Waals surface area contributed by atoms with Crippen molar-refractivity contribution in [2.45, 2.75) is 52.2 Å². The summed E-state index contributed by atoms with van der Waals surface area (Å²) in [6.45, 7) is 3.50. The van der Waals surface area contributed by atoms with E-state index < -0.39 is 23.9 Å². The quantitative estimate of drug-likeness (QED) is 0.442. The lowest BCUT2D eigenvalue weighted by Crippen LogP contribution is -2.38. The van der Waals surface area contributed by atoms with E-state index in [1.54, 1.807) is 12.1 Å². The zero-order chi connectivity index (χ0) is 22.0. The van der Waals surface area contributed by atoms with Gasteiger partial charge in [-0.3, -0.25) is 14.5 Å². The first-order chi connectivity index (χ1) is 14.3. The minimum Gasteiger partial charge on any atom is -0.459 e. The van der Waals surface area contributed by atoms with Crippen molar-refractivity contribution in [2.75, 3.05) is 13.7 Å². The van der Waals surface area contributed by atoms with Crippen LogP contribution in [-0.4, -0.2) is 51.8 Å². The van der Waals surface area contributed by atoms with E-state index in [1.165, 1.54) is 7.05 Å². The molecule has 30 heavy (non-hydrogen) atoms. The molecule has 4 atom stereocenters. The summed E-state index contributed by atoms with van der Waals surface area (Å²) in [6, 6.07) is 3.50. The molecular formula is C23H31NO6. The van der Waals surface area contributed by atoms with E-state index in [-0.39, 0.29) is 25.0 Å². The van der Waals surface area contributed by atoms with E-state index in [4.69, 9.17) is 9.52 Å². The molecule has 1 saturated heterocycles. The molecule has 1 aromatic rings. The first kappa shape index (κ1) is 22.5. The summed E-state index contributed by atoms with van der Waals surface area (Å²) in [6.07, 6.45) is 3.26. The van der Waals surface area contributed by atoms with Crippen LogP contribution in [0.3, 0.4) is 0 Å². The maximum absolute atomic E-state index is 12.6. The number of carbonyl (C=O) groups is 2. The molecule has 2 heterocycles. The van der Waals surface area contributed by atoms with Crippen LogP contribution in [0.5, 0.6) is 0 Å². The van der Waals surface area contributed by atoms with Crippen molar-refractivity contribution in [1.29, 1.82) is 0 Å². The van der Waals surface area contributed by atoms with Crippen molar-refractivity contribution >= 4 is 17.9 Å². The van der Waals surface area contributed by atoms with Gasteiger partial charge in [0.05, 0.1) is 24.5 Å². The largest absolute Gasteiger partial charge is 0.459 e. The van der Waals surface area contributed by atoms with Crippen molar-refractivity contribution in [3.05, 3.63) is 40.4 Å². The maximum Gasteiger partial charge on any atom is 0.233 e. The van der Waals surface area contributed by atoms with Gasteiger partial charge >= 0.3 is 0 Å². The number of hydrogen-bond donors (Lipinski definition) is 3. The molecule has 164 valence electrons. The Morgan fingerprint density at radius 3 is 2.63 bits per heavy atom. The molecule has 0 spiro atoms. The fraction of sp³-hybridized carbons (Fsp3) is 0.565. The van der Waals surface area contributed by atoms with Crippen molar-refractivity contribution in [3.63, 3.8) is 0 Å². The molecule has 0 radical (unpaired) electrons. The highest BCUT2D eigenvalue weighted by Crippen LogP contribution is 2.46. The number of nitrogens with zero attached hydrogens (tertiary/aromatic N) is 1. The Morgan fingerprint density at radius 2 is 2.03 bits per heavy atom. The van der Waals surface area contributed by atoms with Gasteiger partial charge in [0, 0.05) is 13.0 Å². The van der Waals surface area contributed by atoms with E-state index in [0.717, 1.165) is 21.6 Å². The van der Waals surface area contributed by atoms with Gasteiger partial charge in [-0.2, -0.15) is 0 Å². The molecule has 7 nitrogen and oxygen atoms in total. The van der Waals surface area contributed by atoms with Crippen LogP contribution in [0.1, 0.15) is 51.1 Å². The molecule has 2 amide bonds. The van der Waals surface area contributed by atoms with E-state index in [1.807, 2.05) is 19.9 Å². The lowest BCUT2D eigenvalue weighted by atomic mass is 9.67. The van der Waals surface area contributed by atoms with Crippen LogP contribution in [0.2, 0.25) is 0 Å². The fourth-order valence-electron chi connectivity index (χ4n) is 4.85. The summed E-state index contributed by atoms with van der Waals surface area (Å²) in [7, 11) is 1.49. The standard InChI is InChI=1S/C23H31NO6/c1-4-14-10-17-21(23(29)24(3)22(17)28)18(12-26)20(14)19(27)8-5-13(2)9-15-6-7-16(11-25)30-15/h6-7,9,17-19,21,25-27H,4-5,8,10-12H2,1-3H3/b13-9+/t17-,18+,19-,21-/m1/s1. The van der Waals surface area contributed by atoms with Gasteiger partial charge in [-0.15, -0.1) is 0 Å². The normalized spacial score (nSPS) is 25.9. The third-order valence-electron chi connectivity index (χ3n) is 6.43. The number of fused-ring (bicyclic) bond motifs is 1. The first-order valence-corrected chi connectivity index (χ1v) is 10.5. The Kier molecular flexibility index (Phi) is 6.95. The second-order valence-corrected chi connectivity index (χ2v) is 8.28. The second kappa shape index (κ2) is 9.29. The van der Waals surface area contributed by atoms with Crippen LogP contribution in [0.4, 0.5) is 0 Å². The van der Waals surface area contributed by atoms with Gasteiger partial charge in [0.1, 0.15) is 18.1 Å². The van der Waals surface area contributed by atoms with Crippen LogP contribution in [0, 0.1) is 17.8 Å². The van der Waals surface area contributed by atoms with Gasteiger partial charge in [-0.05, 0) is 56.4 Å². The van der Waals surface area contributed by atoms with Gasteiger partial charge in [-0.1, -0.05) is 18.1 Å². The highest BCUT2D eigenvalue weighted by molar-refractivity contribution is 6.05. The number of aliphatic hydroxyl groups excluding tert-OH is 3. The highest BCUT2D eigenvalue weighted by atomic mass is 16.4. The lowest BCUT2D eigenvalue weighted by molar-refractivity contribution is -0.138. The van der Waals surface area contributed by atoms with Gasteiger partial charge in [0.15, 0.2) is 0 Å². The van der Waals surface area contributed by atoms with Gasteiger partial charge in [-0.25, -0.2) is 0 Å². The molecule has 2 aliphatic rings. The highest BCUT2D eigenvalue weighted by Gasteiger charge is 2.53. The Morgan fingerprint density at radius 1 is 1.30 bits per heavy atom. The van der Waals surface area contributed by atoms with Crippen molar-refractivity contribution in [3.8, 4) is 0 Å². The zero-order valence-electron chi connectivity index (χ0n) is 17.8. The Bertz CT molecular complexity index is 867. The monoisotopic (exact) mass is 417 g/mol. The number of rotatable bonds is 8. The molecule has 0 bridgehead atoms. The molecule has 1 aromatic heterocycles. The van der Waals surface area contributed by atoms with Crippen LogP contribution < -0.4 is 0 Å². The first-order valence-electron chi connectivity index (χ1n) is 10.5. The van der Waals surface area contributed by atoms with E-state index in [2.05, 4.69) is 0 Å². The number of carbonyl (C=O) groups excluding carboxylic acids is 2. The Hall–Kier alpha value is -2.22. The van der Waals surface area contributed by atoms with E-state index >= 15 is 0 Å². The molecule has 1 fully saturated rings. The minimum atomic E-state index is -0.792. The van der Waals surface area contributed by atoms with E-state index in [0.29, 0.717) is 37.2 Å². The number of imide groups is 1. The third-order valence-corrected chi connectivity index (χ3v) is 6.43. The van der Waals surface area contributed by atoms with Crippen LogP contribution >= 0.6 is 0 Å². The molecule has 1 aliphatic heterocycles. The minimum absolute atomic E-state index is 0.152. The van der Waals surface area contributed by atoms with Crippen LogP contribution in [0.25, 0.3) is 6.08 Å². The van der Waals surface area contributed by atoms with Gasteiger partial charge in [0.25, 0.3) is 0 Å². The molecule has 3 N–H and O–H groups in total. The number of likely N-dealkylation sites (tertiary alicyclic amines) is 1. The van der Waals surface area contributed by atoms with Crippen molar-refractivity contribution in [1.82, 2.24) is 4.90 Å². The summed E-state index contributed by atoms with van der Waals surface area (Å²) in [4.78, 5) is 26.3. The smallest absolute Gasteiger partial charge is 0.233 e. The number of aliphatic hydroxyl groups is 3. The summed E-state index contributed by atoms with van der Waals surface area (Å²) < 4.78 is 5.47. The average Bonchev–Trinajstić information content (AvgIpc) is 3.29. The molecule has 0 saturated carbocycles. The zero-order valence-corrected chi connectivity index (χ0v) is 17.8. The Labute approximate surface area is 176 Å². The lowest BCUT2D eigenvalue weighted by Gasteiger charge is -2.36. The number of hydrogen-bond acceptors (Lipinski definition) is 6. The molecule has 0 aromatic carbocycles. The number of furan rings is 1. The maximum atomic E-state index is 12.6. The van der Waals surface area contributed by atoms with Crippen LogP contribution in [0.15, 0.2) is 33.3 Å². The van der Waals surface area contributed by atoms with Gasteiger partial charge < -0.3 is 19.7 Å². The molecule has 0 unspecified atom stereocenters. The molecule has 3 rings (SSSR count). The predicted molar refractivity (Wildman–Crippen MR) is 111 cm³/mol. The summed E-state index contributed by atoms with van der Waals surface area (Å²) in [5.74, 6) is -0.881. The number of amides is 2. The summed E-state index contributed by atoms with van der Waals surface area (Å²) in [5, 5.41) is 30.2. The number of allylic oxidation sites excluding steroid dienone is 2. The van der Waals surface area contributed by atoms with Crippen molar-refractivity contribution < 1.29 is 29.3 Å². The predicted octanol–water partition coefficient (Wildman–Crippen LogP) is 2.27. The third kappa shape index (κ3) is 4.15. The molecule has 7 heteroatoms. The van der Waals surface area contributed by atoms with E-state index in [9.17, 15) is 19.8 Å².